The molecule has 3 aromatic rings. The summed E-state index contributed by atoms with van der Waals surface area (Å²) in [5.41, 5.74) is 8.04. The Morgan fingerprint density at radius 3 is 2.36 bits per heavy atom. The predicted octanol–water partition coefficient (Wildman–Crippen LogP) is 1.93. The number of hydrogen-bond acceptors (Lipinski definition) is 6. The first-order chi connectivity index (χ1) is 10.7. The van der Waals surface area contributed by atoms with E-state index in [0.29, 0.717) is 23.0 Å². The number of nitrogen functional groups attached to an aromatic ring is 1. The number of benzene rings is 2. The number of rotatable bonds is 4. The number of hydrogen-bond donors (Lipinski definition) is 1. The number of methoxy groups -OCH3 is 2. The Labute approximate surface area is 127 Å². The van der Waals surface area contributed by atoms with Gasteiger partial charge in [0.2, 0.25) is 0 Å². The normalized spacial score (nSPS) is 10.5. The zero-order chi connectivity index (χ0) is 15.5. The van der Waals surface area contributed by atoms with Crippen LogP contribution in [0.3, 0.4) is 0 Å². The molecule has 1 aromatic heterocycles. The van der Waals surface area contributed by atoms with Crippen LogP contribution in [0.4, 0.5) is 5.69 Å². The maximum absolute atomic E-state index is 5.71. The minimum absolute atomic E-state index is 0.610. The zero-order valence-electron chi connectivity index (χ0n) is 12.2. The summed E-state index contributed by atoms with van der Waals surface area (Å²) in [5, 5.41) is 11.9. The highest BCUT2D eigenvalue weighted by molar-refractivity contribution is 5.61. The quantitative estimate of drug-likeness (QED) is 0.740. The number of tetrazole rings is 1. The van der Waals surface area contributed by atoms with E-state index in [4.69, 9.17) is 15.2 Å². The first-order valence-electron chi connectivity index (χ1n) is 6.59. The van der Waals surface area contributed by atoms with Gasteiger partial charge in [-0.15, -0.1) is 5.10 Å². The maximum Gasteiger partial charge on any atom is 0.187 e. The minimum Gasteiger partial charge on any atom is -0.493 e. The highest BCUT2D eigenvalue weighted by Gasteiger charge is 2.13. The Balaban J connectivity index is 2.07. The van der Waals surface area contributed by atoms with Gasteiger partial charge in [-0.05, 0) is 46.8 Å². The lowest BCUT2D eigenvalue weighted by Gasteiger charge is -2.10. The lowest BCUT2D eigenvalue weighted by atomic mass is 10.2. The van der Waals surface area contributed by atoms with E-state index in [1.165, 1.54) is 0 Å². The van der Waals surface area contributed by atoms with Crippen LogP contribution >= 0.6 is 0 Å². The topological polar surface area (TPSA) is 88.1 Å². The van der Waals surface area contributed by atoms with E-state index in [-0.39, 0.29) is 0 Å². The van der Waals surface area contributed by atoms with Gasteiger partial charge in [0, 0.05) is 17.3 Å². The van der Waals surface area contributed by atoms with Gasteiger partial charge >= 0.3 is 0 Å². The van der Waals surface area contributed by atoms with E-state index >= 15 is 0 Å². The number of nitrogens with zero attached hydrogens (tertiary/aromatic N) is 4. The fourth-order valence-corrected chi connectivity index (χ4v) is 2.13. The van der Waals surface area contributed by atoms with Crippen LogP contribution in [0, 0.1) is 0 Å². The monoisotopic (exact) mass is 297 g/mol. The van der Waals surface area contributed by atoms with Crippen molar-refractivity contribution in [3.05, 3.63) is 42.5 Å². The van der Waals surface area contributed by atoms with Gasteiger partial charge in [0.05, 0.1) is 19.9 Å². The van der Waals surface area contributed by atoms with Gasteiger partial charge in [-0.1, -0.05) is 0 Å². The van der Waals surface area contributed by atoms with Crippen molar-refractivity contribution in [3.63, 3.8) is 0 Å². The molecule has 2 N–H and O–H groups in total. The summed E-state index contributed by atoms with van der Waals surface area (Å²) in [6, 6.07) is 12.8. The van der Waals surface area contributed by atoms with Crippen LogP contribution in [0.1, 0.15) is 0 Å². The molecule has 0 aliphatic carbocycles. The van der Waals surface area contributed by atoms with Gasteiger partial charge in [0.25, 0.3) is 0 Å². The summed E-state index contributed by atoms with van der Waals surface area (Å²) in [6.45, 7) is 0. The van der Waals surface area contributed by atoms with Crippen molar-refractivity contribution < 1.29 is 9.47 Å². The Morgan fingerprint density at radius 2 is 1.68 bits per heavy atom. The Hall–Kier alpha value is -3.09. The molecule has 22 heavy (non-hydrogen) atoms. The van der Waals surface area contributed by atoms with Gasteiger partial charge in [-0.25, -0.2) is 0 Å². The Bertz CT molecular complexity index is 783. The standard InChI is InChI=1S/C15H15N5O2/c1-21-13-8-7-12(9-14(13)22-2)20-15(17-18-19-20)10-3-5-11(16)6-4-10/h3-9H,16H2,1-2H3. The highest BCUT2D eigenvalue weighted by Crippen LogP contribution is 2.30. The first kappa shape index (κ1) is 13.9. The summed E-state index contributed by atoms with van der Waals surface area (Å²) < 4.78 is 12.2. The summed E-state index contributed by atoms with van der Waals surface area (Å²) in [7, 11) is 3.18. The molecule has 7 heteroatoms. The van der Waals surface area contributed by atoms with Crippen molar-refractivity contribution in [2.45, 2.75) is 0 Å². The van der Waals surface area contributed by atoms with Crippen molar-refractivity contribution >= 4 is 5.69 Å². The van der Waals surface area contributed by atoms with Gasteiger partial charge in [-0.3, -0.25) is 0 Å². The number of aromatic nitrogens is 4. The third-order valence-corrected chi connectivity index (χ3v) is 3.25. The molecule has 0 aliphatic heterocycles. The summed E-state index contributed by atoms with van der Waals surface area (Å²) in [6.07, 6.45) is 0. The van der Waals surface area contributed by atoms with Gasteiger partial charge in [0.15, 0.2) is 17.3 Å². The van der Waals surface area contributed by atoms with Gasteiger partial charge < -0.3 is 15.2 Å². The zero-order valence-corrected chi connectivity index (χ0v) is 12.2. The van der Waals surface area contributed by atoms with Crippen molar-refractivity contribution in [1.82, 2.24) is 20.2 Å². The number of ether oxygens (including phenoxy) is 2. The molecule has 1 heterocycles. The first-order valence-corrected chi connectivity index (χ1v) is 6.59. The molecule has 112 valence electrons. The molecule has 3 rings (SSSR count). The highest BCUT2D eigenvalue weighted by atomic mass is 16.5. The van der Waals surface area contributed by atoms with Crippen molar-refractivity contribution in [1.29, 1.82) is 0 Å². The molecule has 0 unspecified atom stereocenters. The smallest absolute Gasteiger partial charge is 0.187 e. The summed E-state index contributed by atoms with van der Waals surface area (Å²) >= 11 is 0. The third-order valence-electron chi connectivity index (χ3n) is 3.25. The van der Waals surface area contributed by atoms with Crippen molar-refractivity contribution in [3.8, 4) is 28.6 Å². The molecule has 0 radical (unpaired) electrons. The number of nitrogens with two attached hydrogens (primary N) is 1. The second-order valence-corrected chi connectivity index (χ2v) is 4.58. The predicted molar refractivity (Wildman–Crippen MR) is 82.1 cm³/mol. The fourth-order valence-electron chi connectivity index (χ4n) is 2.13. The Kier molecular flexibility index (Phi) is 3.61. The summed E-state index contributed by atoms with van der Waals surface area (Å²) in [5.74, 6) is 1.87. The molecule has 0 bridgehead atoms. The second kappa shape index (κ2) is 5.72. The van der Waals surface area contributed by atoms with Crippen molar-refractivity contribution in [2.75, 3.05) is 20.0 Å². The van der Waals surface area contributed by atoms with E-state index in [1.54, 1.807) is 18.9 Å². The Morgan fingerprint density at radius 1 is 0.955 bits per heavy atom. The molecule has 0 spiro atoms. The van der Waals surface area contributed by atoms with E-state index < -0.39 is 0 Å². The van der Waals surface area contributed by atoms with E-state index in [9.17, 15) is 0 Å². The molecular weight excluding hydrogens is 282 g/mol. The van der Waals surface area contributed by atoms with E-state index in [1.807, 2.05) is 42.5 Å². The van der Waals surface area contributed by atoms with E-state index in [2.05, 4.69) is 15.5 Å². The molecule has 0 atom stereocenters. The summed E-state index contributed by atoms with van der Waals surface area (Å²) in [4.78, 5) is 0. The van der Waals surface area contributed by atoms with Crippen LogP contribution in [0.5, 0.6) is 11.5 Å². The molecular formula is C15H15N5O2. The molecule has 2 aromatic carbocycles. The van der Waals surface area contributed by atoms with Crippen LogP contribution in [0.15, 0.2) is 42.5 Å². The van der Waals surface area contributed by atoms with Crippen LogP contribution in [-0.4, -0.2) is 34.4 Å². The van der Waals surface area contributed by atoms with Crippen LogP contribution < -0.4 is 15.2 Å². The van der Waals surface area contributed by atoms with E-state index in [0.717, 1.165) is 11.3 Å². The molecule has 0 saturated carbocycles. The minimum atomic E-state index is 0.610. The van der Waals surface area contributed by atoms with Crippen LogP contribution in [0.2, 0.25) is 0 Å². The third kappa shape index (κ3) is 2.44. The molecule has 7 nitrogen and oxygen atoms in total. The van der Waals surface area contributed by atoms with Crippen LogP contribution in [-0.2, 0) is 0 Å². The molecule has 0 saturated heterocycles. The van der Waals surface area contributed by atoms with Crippen molar-refractivity contribution in [2.24, 2.45) is 0 Å². The van der Waals surface area contributed by atoms with Gasteiger partial charge in [-0.2, -0.15) is 4.68 Å². The van der Waals surface area contributed by atoms with Gasteiger partial charge in [0.1, 0.15) is 0 Å². The SMILES string of the molecule is COc1ccc(-n2nnnc2-c2ccc(N)cc2)cc1OC. The lowest BCUT2D eigenvalue weighted by Crippen LogP contribution is -2.01. The maximum atomic E-state index is 5.71. The average molecular weight is 297 g/mol. The van der Waals surface area contributed by atoms with Crippen LogP contribution in [0.25, 0.3) is 17.1 Å². The largest absolute Gasteiger partial charge is 0.493 e. The average Bonchev–Trinajstić information content (AvgIpc) is 3.04. The fraction of sp³-hybridized carbons (Fsp3) is 0.133. The molecule has 0 amide bonds. The lowest BCUT2D eigenvalue weighted by molar-refractivity contribution is 0.354. The molecule has 0 aliphatic rings. The number of anilines is 1. The molecule has 0 fully saturated rings. The second-order valence-electron chi connectivity index (χ2n) is 4.58.